The first-order valence-corrected chi connectivity index (χ1v) is 5.45. The molecule has 3 nitrogen and oxygen atoms in total. The van der Waals surface area contributed by atoms with Crippen LogP contribution >= 0.6 is 11.6 Å². The Labute approximate surface area is 100.0 Å². The summed E-state index contributed by atoms with van der Waals surface area (Å²) in [6, 6.07) is 3.13. The first-order chi connectivity index (χ1) is 7.40. The van der Waals surface area contributed by atoms with Crippen LogP contribution < -0.4 is 0 Å². The zero-order valence-electron chi connectivity index (χ0n) is 9.58. The summed E-state index contributed by atoms with van der Waals surface area (Å²) < 4.78 is 4.99. The maximum Gasteiger partial charge on any atom is 0.310 e. The number of benzene rings is 1. The van der Waals surface area contributed by atoms with Gasteiger partial charge in [-0.05, 0) is 38.5 Å². The van der Waals surface area contributed by atoms with E-state index in [1.54, 1.807) is 32.9 Å². The van der Waals surface area contributed by atoms with Gasteiger partial charge in [-0.25, -0.2) is 0 Å². The zero-order valence-corrected chi connectivity index (χ0v) is 10.3. The molecule has 1 aromatic carbocycles. The van der Waals surface area contributed by atoms with Crippen molar-refractivity contribution in [2.45, 2.75) is 33.3 Å². The van der Waals surface area contributed by atoms with Gasteiger partial charge in [0.15, 0.2) is 0 Å². The number of hydrogen-bond acceptors (Lipinski definition) is 3. The van der Waals surface area contributed by atoms with Crippen molar-refractivity contribution in [3.8, 4) is 5.75 Å². The minimum Gasteiger partial charge on any atom is -0.508 e. The fraction of sp³-hybridized carbons (Fsp3) is 0.417. The molecule has 0 aliphatic rings. The van der Waals surface area contributed by atoms with E-state index in [-0.39, 0.29) is 24.2 Å². The largest absolute Gasteiger partial charge is 0.508 e. The fourth-order valence-corrected chi connectivity index (χ4v) is 1.50. The van der Waals surface area contributed by atoms with E-state index >= 15 is 0 Å². The molecule has 0 bridgehead atoms. The van der Waals surface area contributed by atoms with Crippen LogP contribution in [0.25, 0.3) is 0 Å². The number of hydrogen-bond donors (Lipinski definition) is 1. The van der Waals surface area contributed by atoms with Crippen molar-refractivity contribution in [3.05, 3.63) is 28.3 Å². The van der Waals surface area contributed by atoms with Gasteiger partial charge in [-0.15, -0.1) is 0 Å². The molecule has 88 valence electrons. The van der Waals surface area contributed by atoms with Crippen molar-refractivity contribution in [3.63, 3.8) is 0 Å². The third-order valence-corrected chi connectivity index (χ3v) is 2.47. The lowest BCUT2D eigenvalue weighted by Gasteiger charge is -2.10. The van der Waals surface area contributed by atoms with E-state index in [9.17, 15) is 9.90 Å². The van der Waals surface area contributed by atoms with E-state index < -0.39 is 0 Å². The molecule has 0 amide bonds. The van der Waals surface area contributed by atoms with Crippen LogP contribution in [-0.4, -0.2) is 17.2 Å². The number of halogens is 1. The molecular weight excluding hydrogens is 228 g/mol. The van der Waals surface area contributed by atoms with Crippen LogP contribution in [-0.2, 0) is 16.0 Å². The Morgan fingerprint density at radius 1 is 1.50 bits per heavy atom. The average molecular weight is 243 g/mol. The Morgan fingerprint density at radius 2 is 2.12 bits per heavy atom. The van der Waals surface area contributed by atoms with Crippen molar-refractivity contribution in [1.82, 2.24) is 0 Å². The molecule has 0 saturated carbocycles. The van der Waals surface area contributed by atoms with Crippen molar-refractivity contribution < 1.29 is 14.6 Å². The van der Waals surface area contributed by atoms with Crippen molar-refractivity contribution in [2.24, 2.45) is 0 Å². The highest BCUT2D eigenvalue weighted by atomic mass is 35.5. The number of aryl methyl sites for hydroxylation is 1. The second-order valence-electron chi connectivity index (χ2n) is 3.95. The molecule has 1 aromatic rings. The van der Waals surface area contributed by atoms with Crippen molar-refractivity contribution in [1.29, 1.82) is 0 Å². The fourth-order valence-electron chi connectivity index (χ4n) is 1.31. The normalized spacial score (nSPS) is 10.6. The monoisotopic (exact) mass is 242 g/mol. The minimum atomic E-state index is -0.370. The van der Waals surface area contributed by atoms with E-state index in [0.717, 1.165) is 5.56 Å². The summed E-state index contributed by atoms with van der Waals surface area (Å²) in [6.45, 7) is 5.35. The summed E-state index contributed by atoms with van der Waals surface area (Å²) in [5.41, 5.74) is 1.27. The smallest absolute Gasteiger partial charge is 0.310 e. The summed E-state index contributed by atoms with van der Waals surface area (Å²) in [6.07, 6.45) is -0.125. The number of aromatic hydroxyl groups is 1. The summed E-state index contributed by atoms with van der Waals surface area (Å²) in [4.78, 5) is 11.4. The molecule has 0 aliphatic heterocycles. The van der Waals surface area contributed by atoms with E-state index in [4.69, 9.17) is 16.3 Å². The van der Waals surface area contributed by atoms with Gasteiger partial charge in [-0.3, -0.25) is 4.79 Å². The second-order valence-corrected chi connectivity index (χ2v) is 4.35. The quantitative estimate of drug-likeness (QED) is 0.829. The van der Waals surface area contributed by atoms with Gasteiger partial charge < -0.3 is 9.84 Å². The third-order valence-electron chi connectivity index (χ3n) is 2.06. The molecule has 16 heavy (non-hydrogen) atoms. The molecule has 0 aromatic heterocycles. The predicted molar refractivity (Wildman–Crippen MR) is 62.8 cm³/mol. The van der Waals surface area contributed by atoms with Gasteiger partial charge in [0.25, 0.3) is 0 Å². The van der Waals surface area contributed by atoms with Gasteiger partial charge in [0.2, 0.25) is 0 Å². The molecule has 1 rings (SSSR count). The second kappa shape index (κ2) is 5.21. The number of carbonyl (C=O) groups excluding carboxylic acids is 1. The first-order valence-electron chi connectivity index (χ1n) is 5.07. The predicted octanol–water partition coefficient (Wildman–Crippen LogP) is 2.85. The Bertz CT molecular complexity index is 399. The van der Waals surface area contributed by atoms with Gasteiger partial charge in [-0.1, -0.05) is 11.6 Å². The lowest BCUT2D eigenvalue weighted by atomic mass is 10.1. The lowest BCUT2D eigenvalue weighted by molar-refractivity contribution is -0.146. The maximum absolute atomic E-state index is 11.4. The summed E-state index contributed by atoms with van der Waals surface area (Å²) in [5.74, 6) is -0.298. The van der Waals surface area contributed by atoms with Crippen LogP contribution in [0.15, 0.2) is 12.1 Å². The molecule has 1 N–H and O–H groups in total. The Morgan fingerprint density at radius 3 is 2.69 bits per heavy atom. The lowest BCUT2D eigenvalue weighted by Crippen LogP contribution is -2.13. The molecule has 0 aliphatic carbocycles. The van der Waals surface area contributed by atoms with Gasteiger partial charge >= 0.3 is 5.97 Å². The number of ether oxygens (including phenoxy) is 1. The van der Waals surface area contributed by atoms with Gasteiger partial charge in [-0.2, -0.15) is 0 Å². The molecule has 0 atom stereocenters. The average Bonchev–Trinajstić information content (AvgIpc) is 2.12. The van der Waals surface area contributed by atoms with E-state index in [1.165, 1.54) is 0 Å². The van der Waals surface area contributed by atoms with Crippen LogP contribution in [0.3, 0.4) is 0 Å². The molecule has 0 radical (unpaired) electrons. The summed E-state index contributed by atoms with van der Waals surface area (Å²) in [5, 5.41) is 10.2. The minimum absolute atomic E-state index is 0.0318. The van der Waals surface area contributed by atoms with E-state index in [2.05, 4.69) is 0 Å². The molecule has 0 heterocycles. The highest BCUT2D eigenvalue weighted by Gasteiger charge is 2.12. The molecule has 0 unspecified atom stereocenters. The van der Waals surface area contributed by atoms with Crippen LogP contribution in [0.2, 0.25) is 5.02 Å². The topological polar surface area (TPSA) is 46.5 Å². The SMILES string of the molecule is Cc1cc(O)c(CC(=O)OC(C)C)cc1Cl. The number of phenols is 1. The first kappa shape index (κ1) is 12.8. The van der Waals surface area contributed by atoms with Crippen molar-refractivity contribution >= 4 is 17.6 Å². The standard InChI is InChI=1S/C12H15ClO3/c1-7(2)16-12(15)6-9-5-10(13)8(3)4-11(9)14/h4-5,7,14H,6H2,1-3H3. The van der Waals surface area contributed by atoms with Crippen LogP contribution in [0.4, 0.5) is 0 Å². The third kappa shape index (κ3) is 3.42. The number of phenolic OH excluding ortho intramolecular Hbond substituents is 1. The van der Waals surface area contributed by atoms with Gasteiger partial charge in [0, 0.05) is 10.6 Å². The number of rotatable bonds is 3. The summed E-state index contributed by atoms with van der Waals surface area (Å²) >= 11 is 5.91. The summed E-state index contributed by atoms with van der Waals surface area (Å²) in [7, 11) is 0. The highest BCUT2D eigenvalue weighted by Crippen LogP contribution is 2.26. The molecule has 4 heteroatoms. The van der Waals surface area contributed by atoms with Gasteiger partial charge in [0.05, 0.1) is 12.5 Å². The zero-order chi connectivity index (χ0) is 12.3. The highest BCUT2D eigenvalue weighted by molar-refractivity contribution is 6.31. The van der Waals surface area contributed by atoms with Crippen molar-refractivity contribution in [2.75, 3.05) is 0 Å². The Kier molecular flexibility index (Phi) is 4.19. The number of esters is 1. The Hall–Kier alpha value is -1.22. The van der Waals surface area contributed by atoms with Crippen LogP contribution in [0, 0.1) is 6.92 Å². The molecule has 0 saturated heterocycles. The molecular formula is C12H15ClO3. The van der Waals surface area contributed by atoms with Crippen LogP contribution in [0.1, 0.15) is 25.0 Å². The molecule has 0 fully saturated rings. The van der Waals surface area contributed by atoms with E-state index in [1.807, 2.05) is 0 Å². The number of carbonyl (C=O) groups is 1. The maximum atomic E-state index is 11.4. The van der Waals surface area contributed by atoms with Crippen LogP contribution in [0.5, 0.6) is 5.75 Å². The Balaban J connectivity index is 2.81. The van der Waals surface area contributed by atoms with Gasteiger partial charge in [0.1, 0.15) is 5.75 Å². The molecule has 0 spiro atoms. The van der Waals surface area contributed by atoms with E-state index in [0.29, 0.717) is 10.6 Å².